The monoisotopic (exact) mass is 452 g/mol. The molecule has 2 N–H and O–H groups in total. The SMILES string of the molecule is COc1ccc(NC(=O)c2ccc(OC(C)C(=O)Nc3cccc(C)c3C)cc2)cc1Cl. The second-order valence-corrected chi connectivity index (χ2v) is 7.73. The van der Waals surface area contributed by atoms with Gasteiger partial charge in [-0.2, -0.15) is 0 Å². The summed E-state index contributed by atoms with van der Waals surface area (Å²) < 4.78 is 10.8. The number of rotatable bonds is 7. The summed E-state index contributed by atoms with van der Waals surface area (Å²) in [5.41, 5.74) is 3.87. The molecule has 0 fully saturated rings. The second kappa shape index (κ2) is 10.2. The van der Waals surface area contributed by atoms with Gasteiger partial charge in [-0.3, -0.25) is 9.59 Å². The maximum Gasteiger partial charge on any atom is 0.265 e. The molecule has 32 heavy (non-hydrogen) atoms. The third-order valence-electron chi connectivity index (χ3n) is 5.07. The Hall–Kier alpha value is -3.51. The topological polar surface area (TPSA) is 76.7 Å². The number of hydrogen-bond acceptors (Lipinski definition) is 4. The molecule has 0 saturated heterocycles. The van der Waals surface area contributed by atoms with E-state index < -0.39 is 6.10 Å². The van der Waals surface area contributed by atoms with Gasteiger partial charge in [0.2, 0.25) is 0 Å². The van der Waals surface area contributed by atoms with Gasteiger partial charge in [0.15, 0.2) is 6.10 Å². The molecule has 6 nitrogen and oxygen atoms in total. The van der Waals surface area contributed by atoms with Crippen molar-refractivity contribution in [1.82, 2.24) is 0 Å². The molecule has 0 aromatic heterocycles. The van der Waals surface area contributed by atoms with Crippen LogP contribution in [0.25, 0.3) is 0 Å². The van der Waals surface area contributed by atoms with Gasteiger partial charge in [0.1, 0.15) is 11.5 Å². The molecule has 0 aliphatic heterocycles. The maximum absolute atomic E-state index is 12.5. The zero-order chi connectivity index (χ0) is 23.3. The van der Waals surface area contributed by atoms with Crippen molar-refractivity contribution in [2.24, 2.45) is 0 Å². The molecule has 0 radical (unpaired) electrons. The first-order valence-electron chi connectivity index (χ1n) is 10.1. The molecule has 0 aliphatic rings. The van der Waals surface area contributed by atoms with E-state index in [1.54, 1.807) is 49.4 Å². The summed E-state index contributed by atoms with van der Waals surface area (Å²) in [5, 5.41) is 6.08. The molecule has 0 bridgehead atoms. The highest BCUT2D eigenvalue weighted by atomic mass is 35.5. The zero-order valence-corrected chi connectivity index (χ0v) is 19.1. The first-order valence-corrected chi connectivity index (χ1v) is 10.4. The number of hydrogen-bond donors (Lipinski definition) is 2. The van der Waals surface area contributed by atoms with E-state index in [1.165, 1.54) is 7.11 Å². The zero-order valence-electron chi connectivity index (χ0n) is 18.4. The minimum atomic E-state index is -0.712. The van der Waals surface area contributed by atoms with Gasteiger partial charge in [0, 0.05) is 16.9 Å². The van der Waals surface area contributed by atoms with Crippen LogP contribution in [-0.2, 0) is 4.79 Å². The molecule has 3 aromatic carbocycles. The fraction of sp³-hybridized carbons (Fsp3) is 0.200. The number of benzene rings is 3. The summed E-state index contributed by atoms with van der Waals surface area (Å²) in [6, 6.07) is 17.3. The first kappa shape index (κ1) is 23.2. The van der Waals surface area contributed by atoms with Crippen molar-refractivity contribution in [1.29, 1.82) is 0 Å². The highest BCUT2D eigenvalue weighted by molar-refractivity contribution is 6.32. The Morgan fingerprint density at radius 1 is 0.969 bits per heavy atom. The lowest BCUT2D eigenvalue weighted by Gasteiger charge is -2.16. The first-order chi connectivity index (χ1) is 15.3. The van der Waals surface area contributed by atoms with Gasteiger partial charge < -0.3 is 20.1 Å². The Morgan fingerprint density at radius 2 is 1.69 bits per heavy atom. The Morgan fingerprint density at radius 3 is 2.34 bits per heavy atom. The van der Waals surface area contributed by atoms with Crippen LogP contribution in [0.1, 0.15) is 28.4 Å². The van der Waals surface area contributed by atoms with E-state index in [1.807, 2.05) is 32.0 Å². The molecule has 0 saturated carbocycles. The summed E-state index contributed by atoms with van der Waals surface area (Å²) in [4.78, 5) is 25.0. The molecular weight excluding hydrogens is 428 g/mol. The van der Waals surface area contributed by atoms with Crippen molar-refractivity contribution in [3.63, 3.8) is 0 Å². The predicted octanol–water partition coefficient (Wildman–Crippen LogP) is 5.62. The van der Waals surface area contributed by atoms with E-state index in [-0.39, 0.29) is 11.8 Å². The lowest BCUT2D eigenvalue weighted by atomic mass is 10.1. The molecular formula is C25H25ClN2O4. The highest BCUT2D eigenvalue weighted by Gasteiger charge is 2.16. The molecule has 7 heteroatoms. The quantitative estimate of drug-likeness (QED) is 0.487. The summed E-state index contributed by atoms with van der Waals surface area (Å²) in [5.74, 6) is 0.468. The van der Waals surface area contributed by atoms with E-state index in [4.69, 9.17) is 21.1 Å². The highest BCUT2D eigenvalue weighted by Crippen LogP contribution is 2.27. The number of aryl methyl sites for hydroxylation is 1. The summed E-state index contributed by atoms with van der Waals surface area (Å²) in [6.45, 7) is 5.63. The van der Waals surface area contributed by atoms with E-state index >= 15 is 0 Å². The smallest absolute Gasteiger partial charge is 0.265 e. The second-order valence-electron chi connectivity index (χ2n) is 7.32. The lowest BCUT2D eigenvalue weighted by molar-refractivity contribution is -0.122. The number of ether oxygens (including phenoxy) is 2. The molecule has 2 amide bonds. The van der Waals surface area contributed by atoms with E-state index in [9.17, 15) is 9.59 Å². The minimum absolute atomic E-state index is 0.253. The maximum atomic E-state index is 12.5. The average Bonchev–Trinajstić information content (AvgIpc) is 2.77. The van der Waals surface area contributed by atoms with Gasteiger partial charge >= 0.3 is 0 Å². The van der Waals surface area contributed by atoms with Gasteiger partial charge in [0.05, 0.1) is 12.1 Å². The summed E-state index contributed by atoms with van der Waals surface area (Å²) in [6.07, 6.45) is -0.712. The number of carbonyl (C=O) groups is 2. The van der Waals surface area contributed by atoms with Crippen LogP contribution >= 0.6 is 11.6 Å². The molecule has 1 unspecified atom stereocenters. The third kappa shape index (κ3) is 5.59. The Kier molecular flexibility index (Phi) is 7.38. The van der Waals surface area contributed by atoms with Crippen LogP contribution in [0, 0.1) is 13.8 Å². The number of carbonyl (C=O) groups excluding carboxylic acids is 2. The molecule has 0 spiro atoms. The van der Waals surface area contributed by atoms with Gasteiger partial charge in [0.25, 0.3) is 11.8 Å². The third-order valence-corrected chi connectivity index (χ3v) is 5.37. The van der Waals surface area contributed by atoms with Crippen LogP contribution in [-0.4, -0.2) is 25.0 Å². The molecule has 1 atom stereocenters. The number of nitrogens with one attached hydrogen (secondary N) is 2. The van der Waals surface area contributed by atoms with Crippen LogP contribution in [0.4, 0.5) is 11.4 Å². The number of anilines is 2. The minimum Gasteiger partial charge on any atom is -0.495 e. The van der Waals surface area contributed by atoms with Crippen molar-refractivity contribution in [2.45, 2.75) is 26.9 Å². The molecule has 3 rings (SSSR count). The molecule has 166 valence electrons. The van der Waals surface area contributed by atoms with Crippen LogP contribution < -0.4 is 20.1 Å². The van der Waals surface area contributed by atoms with Crippen molar-refractivity contribution >= 4 is 34.8 Å². The van der Waals surface area contributed by atoms with E-state index in [0.717, 1.165) is 16.8 Å². The standard InChI is InChI=1S/C25H25ClN2O4/c1-15-6-5-7-22(16(15)2)28-24(29)17(3)32-20-11-8-18(9-12-20)25(30)27-19-10-13-23(31-4)21(26)14-19/h5-14,17H,1-4H3,(H,27,30)(H,28,29). The van der Waals surface area contributed by atoms with E-state index in [0.29, 0.717) is 27.8 Å². The average molecular weight is 453 g/mol. The van der Waals surface area contributed by atoms with Crippen molar-refractivity contribution in [3.05, 3.63) is 82.4 Å². The molecule has 0 heterocycles. The summed E-state index contributed by atoms with van der Waals surface area (Å²) >= 11 is 6.10. The number of amides is 2. The number of halogens is 1. The van der Waals surface area contributed by atoms with E-state index in [2.05, 4.69) is 10.6 Å². The predicted molar refractivity (Wildman–Crippen MR) is 127 cm³/mol. The molecule has 0 aliphatic carbocycles. The Bertz CT molecular complexity index is 1130. The van der Waals surface area contributed by atoms with Gasteiger partial charge in [-0.05, 0) is 80.4 Å². The van der Waals surface area contributed by atoms with Gasteiger partial charge in [-0.15, -0.1) is 0 Å². The van der Waals surface area contributed by atoms with Crippen LogP contribution in [0.15, 0.2) is 60.7 Å². The normalized spacial score (nSPS) is 11.4. The van der Waals surface area contributed by atoms with Crippen LogP contribution in [0.5, 0.6) is 11.5 Å². The summed E-state index contributed by atoms with van der Waals surface area (Å²) in [7, 11) is 1.53. The fourth-order valence-electron chi connectivity index (χ4n) is 3.01. The Balaban J connectivity index is 1.60. The fourth-order valence-corrected chi connectivity index (χ4v) is 3.27. The van der Waals surface area contributed by atoms with Gasteiger partial charge in [-0.25, -0.2) is 0 Å². The lowest BCUT2D eigenvalue weighted by Crippen LogP contribution is -2.30. The van der Waals surface area contributed by atoms with Crippen LogP contribution in [0.3, 0.4) is 0 Å². The van der Waals surface area contributed by atoms with Crippen molar-refractivity contribution in [3.8, 4) is 11.5 Å². The van der Waals surface area contributed by atoms with Crippen LogP contribution in [0.2, 0.25) is 5.02 Å². The number of methoxy groups -OCH3 is 1. The van der Waals surface area contributed by atoms with Crippen molar-refractivity contribution < 1.29 is 19.1 Å². The van der Waals surface area contributed by atoms with Gasteiger partial charge in [-0.1, -0.05) is 23.7 Å². The molecule has 3 aromatic rings. The largest absolute Gasteiger partial charge is 0.495 e. The van der Waals surface area contributed by atoms with Crippen molar-refractivity contribution in [2.75, 3.05) is 17.7 Å². The Labute approximate surface area is 192 Å².